The summed E-state index contributed by atoms with van der Waals surface area (Å²) in [6, 6.07) is 6.66. The molecular weight excluding hydrogens is 582 g/mol. The summed E-state index contributed by atoms with van der Waals surface area (Å²) in [6.07, 6.45) is -3.10. The Kier molecular flexibility index (Phi) is 11.0. The molecule has 0 saturated heterocycles. The van der Waals surface area contributed by atoms with Gasteiger partial charge in [-0.3, -0.25) is 18.7 Å². The van der Waals surface area contributed by atoms with Gasteiger partial charge in [-0.1, -0.05) is 43.6 Å². The molecule has 0 aliphatic heterocycles. The van der Waals surface area contributed by atoms with Crippen molar-refractivity contribution in [1.29, 1.82) is 0 Å². The quantitative estimate of drug-likeness (QED) is 0.197. The second-order valence-electron chi connectivity index (χ2n) is 10.2. The predicted molar refractivity (Wildman–Crippen MR) is 151 cm³/mol. The maximum Gasteiger partial charge on any atom is 0.416 e. The smallest absolute Gasteiger partial charge is 0.416 e. The van der Waals surface area contributed by atoms with E-state index < -0.39 is 52.9 Å². The van der Waals surface area contributed by atoms with Crippen LogP contribution in [-0.2, 0) is 24.1 Å². The number of carboxylic acids is 1. The van der Waals surface area contributed by atoms with Gasteiger partial charge in [0.1, 0.15) is 11.6 Å². The zero-order valence-corrected chi connectivity index (χ0v) is 24.1. The average molecular weight is 614 g/mol. The number of hydrogen-bond donors (Lipinski definition) is 2. The lowest BCUT2D eigenvalue weighted by atomic mass is 10.0. The van der Waals surface area contributed by atoms with Gasteiger partial charge in [-0.05, 0) is 43.5 Å². The van der Waals surface area contributed by atoms with Gasteiger partial charge in [0.25, 0.3) is 5.56 Å². The molecule has 13 heteroatoms. The largest absolute Gasteiger partial charge is 0.495 e. The molecule has 1 atom stereocenters. The van der Waals surface area contributed by atoms with Crippen LogP contribution in [0.1, 0.15) is 44.2 Å². The van der Waals surface area contributed by atoms with Crippen molar-refractivity contribution in [2.75, 3.05) is 13.7 Å². The molecule has 228 valence electrons. The van der Waals surface area contributed by atoms with E-state index in [1.165, 1.54) is 13.2 Å². The normalized spacial score (nSPS) is 12.5. The molecule has 8 nitrogen and oxygen atoms in total. The van der Waals surface area contributed by atoms with Crippen molar-refractivity contribution < 1.29 is 32.2 Å². The maximum atomic E-state index is 14.8. The minimum atomic E-state index is -4.89. The molecule has 1 unspecified atom stereocenters. The van der Waals surface area contributed by atoms with E-state index in [1.54, 1.807) is 12.1 Å². The molecule has 0 radical (unpaired) electrons. The fraction of sp³-hybridized carbons (Fsp3) is 0.414. The minimum absolute atomic E-state index is 0.0428. The molecule has 1 aromatic heterocycles. The highest BCUT2D eigenvalue weighted by molar-refractivity contribution is 6.34. The van der Waals surface area contributed by atoms with Crippen molar-refractivity contribution in [3.63, 3.8) is 0 Å². The van der Waals surface area contributed by atoms with E-state index in [0.29, 0.717) is 12.8 Å². The Hall–Kier alpha value is -3.64. The summed E-state index contributed by atoms with van der Waals surface area (Å²) >= 11 is 6.49. The minimum Gasteiger partial charge on any atom is -0.495 e. The lowest BCUT2D eigenvalue weighted by Gasteiger charge is -2.23. The number of aromatic nitrogens is 2. The highest BCUT2D eigenvalue weighted by atomic mass is 35.5. The zero-order chi connectivity index (χ0) is 31.2. The van der Waals surface area contributed by atoms with E-state index in [9.17, 15) is 31.9 Å². The summed E-state index contributed by atoms with van der Waals surface area (Å²) in [4.78, 5) is 38.3. The van der Waals surface area contributed by atoms with Gasteiger partial charge >= 0.3 is 17.8 Å². The number of rotatable bonds is 13. The molecule has 2 N–H and O–H groups in total. The fourth-order valence-corrected chi connectivity index (χ4v) is 5.01. The van der Waals surface area contributed by atoms with Gasteiger partial charge < -0.3 is 15.2 Å². The van der Waals surface area contributed by atoms with Gasteiger partial charge in [0.2, 0.25) is 0 Å². The molecule has 0 aliphatic carbocycles. The molecule has 2 aromatic carbocycles. The molecule has 0 saturated carbocycles. The number of aliphatic carboxylic acids is 1. The van der Waals surface area contributed by atoms with E-state index in [-0.39, 0.29) is 47.3 Å². The number of alkyl halides is 3. The molecule has 1 heterocycles. The van der Waals surface area contributed by atoms with E-state index in [0.717, 1.165) is 33.5 Å². The predicted octanol–water partition coefficient (Wildman–Crippen LogP) is 5.41. The van der Waals surface area contributed by atoms with E-state index >= 15 is 0 Å². The van der Waals surface area contributed by atoms with Crippen LogP contribution in [0.15, 0.2) is 52.2 Å². The molecule has 0 bridgehead atoms. The highest BCUT2D eigenvalue weighted by Crippen LogP contribution is 2.35. The van der Waals surface area contributed by atoms with Gasteiger partial charge in [-0.2, -0.15) is 13.2 Å². The van der Waals surface area contributed by atoms with Crippen molar-refractivity contribution in [1.82, 2.24) is 14.5 Å². The molecule has 0 amide bonds. The Labute approximate surface area is 244 Å². The molecule has 0 spiro atoms. The Balaban J connectivity index is 2.20. The summed E-state index contributed by atoms with van der Waals surface area (Å²) in [5.41, 5.74) is -3.63. The van der Waals surface area contributed by atoms with Gasteiger partial charge in [0.05, 0.1) is 29.8 Å². The molecule has 42 heavy (non-hydrogen) atoms. The first-order valence-electron chi connectivity index (χ1n) is 13.2. The van der Waals surface area contributed by atoms with Crippen LogP contribution < -0.4 is 21.3 Å². The van der Waals surface area contributed by atoms with Crippen molar-refractivity contribution in [2.24, 2.45) is 5.92 Å². The number of nitrogens with zero attached hydrogens (tertiary/aromatic N) is 2. The van der Waals surface area contributed by atoms with Crippen LogP contribution in [0.4, 0.5) is 17.6 Å². The van der Waals surface area contributed by atoms with E-state index in [4.69, 9.17) is 21.4 Å². The lowest BCUT2D eigenvalue weighted by molar-refractivity contribution is -0.138. The first kappa shape index (κ1) is 32.9. The number of carbonyl (C=O) groups is 1. The van der Waals surface area contributed by atoms with Crippen LogP contribution in [0.5, 0.6) is 5.75 Å². The summed E-state index contributed by atoms with van der Waals surface area (Å²) in [5, 5.41) is 12.2. The second-order valence-corrected chi connectivity index (χ2v) is 10.6. The number of ether oxygens (including phenoxy) is 1. The molecule has 0 fully saturated rings. The standard InChI is InChI=1S/C29H32ClF4N3O5/c1-17(2)13-18(35-12-6-11-25(38)39)14-37-27(40)20(19-7-4-10-24(42-3)26(19)30)15-36(28(37)41)16-21-22(29(32,33)34)8-5-9-23(21)31/h4-5,7-10,15,17-18,35H,6,11-14,16H2,1-3H3,(H,38,39). The summed E-state index contributed by atoms with van der Waals surface area (Å²) in [7, 11) is 1.37. The molecular formula is C29H32ClF4N3O5. The Morgan fingerprint density at radius 2 is 1.81 bits per heavy atom. The number of nitrogens with one attached hydrogen (secondary N) is 1. The Morgan fingerprint density at radius 3 is 2.43 bits per heavy atom. The van der Waals surface area contributed by atoms with Gasteiger partial charge in [0.15, 0.2) is 0 Å². The summed E-state index contributed by atoms with van der Waals surface area (Å²) in [6.45, 7) is 3.16. The summed E-state index contributed by atoms with van der Waals surface area (Å²) in [5.74, 6) is -1.79. The first-order valence-corrected chi connectivity index (χ1v) is 13.6. The van der Waals surface area contributed by atoms with E-state index in [1.807, 2.05) is 13.8 Å². The van der Waals surface area contributed by atoms with Crippen molar-refractivity contribution in [3.8, 4) is 16.9 Å². The van der Waals surface area contributed by atoms with Crippen molar-refractivity contribution >= 4 is 17.6 Å². The second kappa shape index (κ2) is 14.0. The third kappa shape index (κ3) is 8.01. The number of halogens is 5. The van der Waals surface area contributed by atoms with Crippen LogP contribution >= 0.6 is 11.6 Å². The highest BCUT2D eigenvalue weighted by Gasteiger charge is 2.35. The van der Waals surface area contributed by atoms with Crippen molar-refractivity contribution in [2.45, 2.75) is 58.4 Å². The number of carboxylic acid groups (broad SMARTS) is 1. The van der Waals surface area contributed by atoms with Crippen LogP contribution in [0.25, 0.3) is 11.1 Å². The maximum absolute atomic E-state index is 14.8. The Morgan fingerprint density at radius 1 is 1.12 bits per heavy atom. The Bertz CT molecular complexity index is 1540. The molecule has 3 aromatic rings. The average Bonchev–Trinajstić information content (AvgIpc) is 2.90. The monoisotopic (exact) mass is 613 g/mol. The molecule has 0 aliphatic rings. The van der Waals surface area contributed by atoms with Gasteiger partial charge in [0, 0.05) is 36.3 Å². The van der Waals surface area contributed by atoms with Gasteiger partial charge in [-0.25, -0.2) is 9.18 Å². The van der Waals surface area contributed by atoms with Crippen molar-refractivity contribution in [3.05, 3.63) is 85.4 Å². The molecule has 3 rings (SSSR count). The van der Waals surface area contributed by atoms with E-state index in [2.05, 4.69) is 5.32 Å². The van der Waals surface area contributed by atoms with Crippen LogP contribution in [0.2, 0.25) is 5.02 Å². The van der Waals surface area contributed by atoms with Gasteiger partial charge in [-0.15, -0.1) is 0 Å². The SMILES string of the molecule is COc1cccc(-c2cn(Cc3c(F)cccc3C(F)(F)F)c(=O)n(CC(CC(C)C)NCCCC(=O)O)c2=O)c1Cl. The third-order valence-corrected chi connectivity index (χ3v) is 7.01. The first-order chi connectivity index (χ1) is 19.7. The van der Waals surface area contributed by atoms with Crippen LogP contribution in [0, 0.1) is 11.7 Å². The topological polar surface area (TPSA) is 103 Å². The van der Waals surface area contributed by atoms with Crippen LogP contribution in [-0.4, -0.2) is 39.9 Å². The fourth-order valence-electron chi connectivity index (χ4n) is 4.70. The number of benzene rings is 2. The number of hydrogen-bond acceptors (Lipinski definition) is 5. The summed E-state index contributed by atoms with van der Waals surface area (Å²) < 4.78 is 63.0. The zero-order valence-electron chi connectivity index (χ0n) is 23.3. The number of methoxy groups -OCH3 is 1. The lowest BCUT2D eigenvalue weighted by Crippen LogP contribution is -2.46. The van der Waals surface area contributed by atoms with Crippen LogP contribution in [0.3, 0.4) is 0 Å². The third-order valence-electron chi connectivity index (χ3n) is 6.62.